The van der Waals surface area contributed by atoms with Gasteiger partial charge in [-0.2, -0.15) is 0 Å². The molecule has 1 N–H and O–H groups in total. The van der Waals surface area contributed by atoms with E-state index in [0.29, 0.717) is 5.82 Å². The third-order valence-electron chi connectivity index (χ3n) is 4.05. The van der Waals surface area contributed by atoms with Crippen molar-refractivity contribution in [3.63, 3.8) is 0 Å². The lowest BCUT2D eigenvalue weighted by Crippen LogP contribution is -2.32. The highest BCUT2D eigenvalue weighted by molar-refractivity contribution is 8.00. The molecule has 7 heteroatoms. The maximum Gasteiger partial charge on any atom is 0.231 e. The fraction of sp³-hybridized carbons (Fsp3) is 0.200. The molecule has 1 heterocycles. The third kappa shape index (κ3) is 4.89. The Kier molecular flexibility index (Phi) is 6.13. The number of carbonyl (C=O) groups is 1. The molecule has 1 amide bonds. The van der Waals surface area contributed by atoms with Crippen LogP contribution in [0.3, 0.4) is 0 Å². The molecule has 1 unspecified atom stereocenters. The molecular weight excluding hydrogens is 365 g/mol. The summed E-state index contributed by atoms with van der Waals surface area (Å²) < 4.78 is 20.2. The number of nitrogens with one attached hydrogen (secondary N) is 1. The zero-order valence-corrected chi connectivity index (χ0v) is 15.9. The summed E-state index contributed by atoms with van der Waals surface area (Å²) >= 11 is 1.43. The predicted molar refractivity (Wildman–Crippen MR) is 103 cm³/mol. The van der Waals surface area contributed by atoms with Gasteiger partial charge in [0.2, 0.25) is 5.91 Å². The van der Waals surface area contributed by atoms with Crippen LogP contribution >= 0.6 is 11.8 Å². The first-order valence-corrected chi connectivity index (χ1v) is 9.34. The van der Waals surface area contributed by atoms with Crippen LogP contribution in [0, 0.1) is 5.82 Å². The van der Waals surface area contributed by atoms with Crippen LogP contribution in [-0.4, -0.2) is 28.3 Å². The molecule has 3 rings (SSSR count). The Morgan fingerprint density at radius 1 is 1.22 bits per heavy atom. The first-order valence-electron chi connectivity index (χ1n) is 8.35. The first-order chi connectivity index (χ1) is 13.1. The van der Waals surface area contributed by atoms with Crippen molar-refractivity contribution in [1.29, 1.82) is 0 Å². The van der Waals surface area contributed by atoms with Crippen molar-refractivity contribution in [1.82, 2.24) is 14.9 Å². The van der Waals surface area contributed by atoms with Gasteiger partial charge in [-0.1, -0.05) is 12.1 Å². The van der Waals surface area contributed by atoms with Crippen LogP contribution in [0.4, 0.5) is 4.39 Å². The summed E-state index contributed by atoms with van der Waals surface area (Å²) in [6.45, 7) is 0. The predicted octanol–water partition coefficient (Wildman–Crippen LogP) is 3.57. The van der Waals surface area contributed by atoms with Gasteiger partial charge in [0.15, 0.2) is 0 Å². The molecule has 0 spiro atoms. The van der Waals surface area contributed by atoms with E-state index in [1.807, 2.05) is 42.1 Å². The number of rotatable bonds is 7. The number of imidazole rings is 1. The van der Waals surface area contributed by atoms with Gasteiger partial charge >= 0.3 is 0 Å². The number of ether oxygens (including phenoxy) is 1. The highest BCUT2D eigenvalue weighted by Crippen LogP contribution is 2.23. The summed E-state index contributed by atoms with van der Waals surface area (Å²) in [6, 6.07) is 13.2. The van der Waals surface area contributed by atoms with E-state index >= 15 is 0 Å². The van der Waals surface area contributed by atoms with E-state index in [9.17, 15) is 9.18 Å². The summed E-state index contributed by atoms with van der Waals surface area (Å²) in [4.78, 5) is 17.8. The lowest BCUT2D eigenvalue weighted by atomic mass is 10.1. The number of aryl methyl sites for hydroxylation is 1. The van der Waals surface area contributed by atoms with Crippen molar-refractivity contribution in [2.75, 3.05) is 12.9 Å². The van der Waals surface area contributed by atoms with Crippen LogP contribution in [0.15, 0.2) is 65.8 Å². The summed E-state index contributed by atoms with van der Waals surface area (Å²) in [7, 11) is 3.47. The molecule has 2 aromatic carbocycles. The number of nitrogens with zero attached hydrogens (tertiary/aromatic N) is 2. The molecule has 3 aromatic rings. The van der Waals surface area contributed by atoms with Gasteiger partial charge in [0, 0.05) is 24.3 Å². The fourth-order valence-electron chi connectivity index (χ4n) is 2.63. The molecule has 0 fully saturated rings. The second-order valence-electron chi connectivity index (χ2n) is 5.91. The van der Waals surface area contributed by atoms with Crippen molar-refractivity contribution in [2.45, 2.75) is 10.9 Å². The van der Waals surface area contributed by atoms with Crippen LogP contribution in [0.2, 0.25) is 0 Å². The highest BCUT2D eigenvalue weighted by Gasteiger charge is 2.20. The first kappa shape index (κ1) is 19.0. The van der Waals surface area contributed by atoms with E-state index in [1.165, 1.54) is 23.9 Å². The zero-order chi connectivity index (χ0) is 19.2. The number of aromatic nitrogens is 2. The smallest absolute Gasteiger partial charge is 0.231 e. The number of benzene rings is 2. The average molecular weight is 385 g/mol. The van der Waals surface area contributed by atoms with Crippen LogP contribution in [0.1, 0.15) is 17.4 Å². The van der Waals surface area contributed by atoms with Gasteiger partial charge in [-0.25, -0.2) is 9.37 Å². The Morgan fingerprint density at radius 2 is 1.93 bits per heavy atom. The van der Waals surface area contributed by atoms with Gasteiger partial charge < -0.3 is 14.6 Å². The highest BCUT2D eigenvalue weighted by atomic mass is 32.2. The number of hydrogen-bond donors (Lipinski definition) is 1. The van der Waals surface area contributed by atoms with Crippen LogP contribution in [0.5, 0.6) is 5.75 Å². The number of amides is 1. The maximum absolute atomic E-state index is 13.3. The van der Waals surface area contributed by atoms with Crippen LogP contribution in [-0.2, 0) is 11.8 Å². The van der Waals surface area contributed by atoms with Crippen molar-refractivity contribution >= 4 is 17.7 Å². The Balaban J connectivity index is 1.70. The lowest BCUT2D eigenvalue weighted by Gasteiger charge is -2.19. The maximum atomic E-state index is 13.3. The molecule has 1 atom stereocenters. The Morgan fingerprint density at radius 3 is 2.52 bits per heavy atom. The number of hydrogen-bond acceptors (Lipinski definition) is 4. The number of methoxy groups -OCH3 is 1. The largest absolute Gasteiger partial charge is 0.497 e. The standard InChI is InChI=1S/C20H20FN3O2S/c1-24-12-11-22-20(24)19(14-3-5-15(21)6-4-14)23-18(25)13-27-17-9-7-16(26-2)8-10-17/h3-12,19H,13H2,1-2H3,(H,23,25). The second-order valence-corrected chi connectivity index (χ2v) is 6.96. The molecule has 5 nitrogen and oxygen atoms in total. The van der Waals surface area contributed by atoms with Gasteiger partial charge in [0.1, 0.15) is 23.4 Å². The monoisotopic (exact) mass is 385 g/mol. The topological polar surface area (TPSA) is 56.1 Å². The molecule has 1 aromatic heterocycles. The number of halogens is 1. The van der Waals surface area contributed by atoms with Gasteiger partial charge in [-0.3, -0.25) is 4.79 Å². The molecule has 0 saturated carbocycles. The molecule has 0 radical (unpaired) electrons. The average Bonchev–Trinajstić information content (AvgIpc) is 3.11. The zero-order valence-electron chi connectivity index (χ0n) is 15.1. The van der Waals surface area contributed by atoms with Gasteiger partial charge in [0.05, 0.1) is 12.9 Å². The van der Waals surface area contributed by atoms with Crippen molar-refractivity contribution < 1.29 is 13.9 Å². The van der Waals surface area contributed by atoms with Crippen LogP contribution < -0.4 is 10.1 Å². The lowest BCUT2D eigenvalue weighted by molar-refractivity contribution is -0.119. The minimum absolute atomic E-state index is 0.131. The molecule has 140 valence electrons. The fourth-order valence-corrected chi connectivity index (χ4v) is 3.34. The summed E-state index contributed by atoms with van der Waals surface area (Å²) in [6.07, 6.45) is 3.48. The van der Waals surface area contributed by atoms with E-state index < -0.39 is 6.04 Å². The van der Waals surface area contributed by atoms with E-state index in [2.05, 4.69) is 10.3 Å². The second kappa shape index (κ2) is 8.73. The molecular formula is C20H20FN3O2S. The Bertz CT molecular complexity index is 894. The molecule has 0 saturated heterocycles. The molecule has 0 bridgehead atoms. The molecule has 0 aliphatic heterocycles. The van der Waals surface area contributed by atoms with Crippen molar-refractivity contribution in [3.8, 4) is 5.75 Å². The van der Waals surface area contributed by atoms with E-state index in [-0.39, 0.29) is 17.5 Å². The van der Waals surface area contributed by atoms with Gasteiger partial charge in [-0.05, 0) is 42.0 Å². The minimum Gasteiger partial charge on any atom is -0.497 e. The summed E-state index contributed by atoms with van der Waals surface area (Å²) in [5, 5.41) is 3.00. The molecule has 0 aliphatic carbocycles. The van der Waals surface area contributed by atoms with Crippen LogP contribution in [0.25, 0.3) is 0 Å². The molecule has 0 aliphatic rings. The van der Waals surface area contributed by atoms with E-state index in [0.717, 1.165) is 16.2 Å². The minimum atomic E-state index is -0.449. The summed E-state index contributed by atoms with van der Waals surface area (Å²) in [5.41, 5.74) is 0.772. The number of thioether (sulfide) groups is 1. The van der Waals surface area contributed by atoms with Crippen molar-refractivity contribution in [2.24, 2.45) is 7.05 Å². The van der Waals surface area contributed by atoms with Gasteiger partial charge in [0.25, 0.3) is 0 Å². The Hall–Kier alpha value is -2.80. The third-order valence-corrected chi connectivity index (χ3v) is 5.07. The quantitative estimate of drug-likeness (QED) is 0.632. The van der Waals surface area contributed by atoms with E-state index in [4.69, 9.17) is 4.74 Å². The normalized spacial score (nSPS) is 11.8. The number of carbonyl (C=O) groups excluding carboxylic acids is 1. The van der Waals surface area contributed by atoms with E-state index in [1.54, 1.807) is 25.4 Å². The molecule has 27 heavy (non-hydrogen) atoms. The SMILES string of the molecule is COc1ccc(SCC(=O)NC(c2ccc(F)cc2)c2nccn2C)cc1. The summed E-state index contributed by atoms with van der Waals surface area (Å²) in [5.74, 6) is 1.26. The van der Waals surface area contributed by atoms with Crippen molar-refractivity contribution in [3.05, 3.63) is 78.1 Å². The van der Waals surface area contributed by atoms with Gasteiger partial charge in [-0.15, -0.1) is 11.8 Å². The Labute approximate surface area is 161 Å².